The number of urea groups is 1. The summed E-state index contributed by atoms with van der Waals surface area (Å²) in [6, 6.07) is -0.268. The highest BCUT2D eigenvalue weighted by atomic mass is 16.4. The number of carboxylic acid groups (broad SMARTS) is 1. The minimum Gasteiger partial charge on any atom is -0.480 e. The van der Waals surface area contributed by atoms with E-state index in [1.807, 2.05) is 25.8 Å². The summed E-state index contributed by atoms with van der Waals surface area (Å²) in [7, 11) is 1.91. The van der Waals surface area contributed by atoms with Crippen LogP contribution in [0.5, 0.6) is 0 Å². The molecule has 0 radical (unpaired) electrons. The molecule has 0 aliphatic carbocycles. The van der Waals surface area contributed by atoms with E-state index in [2.05, 4.69) is 5.32 Å². The molecule has 0 saturated carbocycles. The topological polar surface area (TPSA) is 116 Å². The third-order valence-electron chi connectivity index (χ3n) is 2.58. The van der Waals surface area contributed by atoms with E-state index in [9.17, 15) is 14.4 Å². The Morgan fingerprint density at radius 2 is 1.84 bits per heavy atom. The lowest BCUT2D eigenvalue weighted by Gasteiger charge is -2.23. The Morgan fingerprint density at radius 3 is 2.26 bits per heavy atom. The van der Waals surface area contributed by atoms with Gasteiger partial charge in [0.1, 0.15) is 13.1 Å². The molecule has 0 aromatic heterocycles. The molecule has 0 heterocycles. The predicted molar refractivity (Wildman–Crippen MR) is 69.6 cm³/mol. The van der Waals surface area contributed by atoms with E-state index >= 15 is 0 Å². The molecule has 0 bridgehead atoms. The summed E-state index contributed by atoms with van der Waals surface area (Å²) in [5.74, 6) is -1.95. The highest BCUT2D eigenvalue weighted by molar-refractivity contribution is 5.85. The number of rotatable bonds is 8. The molecule has 0 aliphatic rings. The second kappa shape index (κ2) is 8.30. The van der Waals surface area contributed by atoms with Gasteiger partial charge in [-0.3, -0.25) is 9.59 Å². The predicted octanol–water partition coefficient (Wildman–Crippen LogP) is -1.09. The molecule has 8 nitrogen and oxygen atoms in total. The normalized spacial score (nSPS) is 10.6. The Kier molecular flexibility index (Phi) is 7.50. The van der Waals surface area contributed by atoms with E-state index in [1.54, 1.807) is 0 Å². The number of nitrogens with one attached hydrogen (secondary N) is 1. The Hall–Kier alpha value is -1.83. The van der Waals surface area contributed by atoms with Crippen LogP contribution >= 0.6 is 0 Å². The van der Waals surface area contributed by atoms with Crippen LogP contribution in [-0.4, -0.2) is 72.1 Å². The van der Waals surface area contributed by atoms with E-state index in [0.29, 0.717) is 19.1 Å². The summed E-state index contributed by atoms with van der Waals surface area (Å²) in [4.78, 5) is 35.9. The second-order valence-corrected chi connectivity index (χ2v) is 4.52. The lowest BCUT2D eigenvalue weighted by molar-refractivity contribution is -0.137. The highest BCUT2D eigenvalue weighted by Crippen LogP contribution is 1.93. The van der Waals surface area contributed by atoms with E-state index in [4.69, 9.17) is 10.8 Å². The maximum Gasteiger partial charge on any atom is 0.323 e. The molecule has 0 rings (SSSR count). The number of hydrogen-bond donors (Lipinski definition) is 3. The number of primary amides is 1. The van der Waals surface area contributed by atoms with Crippen LogP contribution in [0.3, 0.4) is 0 Å². The van der Waals surface area contributed by atoms with Gasteiger partial charge in [0.05, 0.1) is 0 Å². The first-order chi connectivity index (χ1) is 8.73. The van der Waals surface area contributed by atoms with Crippen LogP contribution in [0.25, 0.3) is 0 Å². The van der Waals surface area contributed by atoms with Crippen molar-refractivity contribution >= 4 is 17.9 Å². The van der Waals surface area contributed by atoms with Crippen LogP contribution in [0.2, 0.25) is 0 Å². The van der Waals surface area contributed by atoms with Gasteiger partial charge >= 0.3 is 12.0 Å². The lowest BCUT2D eigenvalue weighted by Crippen LogP contribution is -2.48. The fraction of sp³-hybridized carbons (Fsp3) is 0.727. The van der Waals surface area contributed by atoms with Crippen LogP contribution in [0.4, 0.5) is 4.79 Å². The van der Waals surface area contributed by atoms with E-state index in [-0.39, 0.29) is 0 Å². The largest absolute Gasteiger partial charge is 0.480 e. The molecule has 0 atom stereocenters. The van der Waals surface area contributed by atoms with Gasteiger partial charge in [0.15, 0.2) is 0 Å². The van der Waals surface area contributed by atoms with Gasteiger partial charge in [0.25, 0.3) is 0 Å². The zero-order valence-electron chi connectivity index (χ0n) is 11.5. The molecular weight excluding hydrogens is 252 g/mol. The monoisotopic (exact) mass is 274 g/mol. The lowest BCUT2D eigenvalue weighted by atomic mass is 10.3. The summed E-state index contributed by atoms with van der Waals surface area (Å²) in [6.07, 6.45) is 0. The van der Waals surface area contributed by atoms with Crippen molar-refractivity contribution in [3.63, 3.8) is 0 Å². The molecule has 4 N–H and O–H groups in total. The molecule has 0 aromatic rings. The van der Waals surface area contributed by atoms with Crippen LogP contribution in [0.15, 0.2) is 0 Å². The quantitative estimate of drug-likeness (QED) is 0.520. The summed E-state index contributed by atoms with van der Waals surface area (Å²) in [5.41, 5.74) is 4.96. The fourth-order valence-corrected chi connectivity index (χ4v) is 1.26. The number of aliphatic carboxylic acids is 1. The van der Waals surface area contributed by atoms with Gasteiger partial charge in [-0.2, -0.15) is 0 Å². The molecule has 0 aliphatic heterocycles. The summed E-state index contributed by atoms with van der Waals surface area (Å²) < 4.78 is 0. The first kappa shape index (κ1) is 17.2. The summed E-state index contributed by atoms with van der Waals surface area (Å²) in [6.45, 7) is 4.05. The Labute approximate surface area is 112 Å². The first-order valence-corrected chi connectivity index (χ1v) is 5.97. The van der Waals surface area contributed by atoms with Crippen molar-refractivity contribution in [2.45, 2.75) is 19.9 Å². The molecule has 0 aromatic carbocycles. The number of carboxylic acids is 1. The number of carbonyl (C=O) groups excluding carboxylic acids is 2. The van der Waals surface area contributed by atoms with E-state index in [0.717, 1.165) is 4.90 Å². The number of nitrogens with two attached hydrogens (primary N) is 1. The zero-order valence-corrected chi connectivity index (χ0v) is 11.5. The molecule has 19 heavy (non-hydrogen) atoms. The van der Waals surface area contributed by atoms with Gasteiger partial charge in [-0.25, -0.2) is 4.79 Å². The van der Waals surface area contributed by atoms with Gasteiger partial charge in [0, 0.05) is 19.1 Å². The molecule has 0 saturated heterocycles. The maximum atomic E-state index is 11.7. The highest BCUT2D eigenvalue weighted by Gasteiger charge is 2.18. The van der Waals surface area contributed by atoms with E-state index < -0.39 is 31.0 Å². The molecule has 0 fully saturated rings. The van der Waals surface area contributed by atoms with E-state index in [1.165, 1.54) is 0 Å². The number of hydrogen-bond acceptors (Lipinski definition) is 4. The van der Waals surface area contributed by atoms with Crippen molar-refractivity contribution in [2.24, 2.45) is 5.73 Å². The van der Waals surface area contributed by atoms with Crippen molar-refractivity contribution in [2.75, 3.05) is 33.2 Å². The van der Waals surface area contributed by atoms with Crippen LogP contribution < -0.4 is 11.1 Å². The Morgan fingerprint density at radius 1 is 1.26 bits per heavy atom. The number of likely N-dealkylation sites (N-methyl/N-ethyl adjacent to an activating group) is 1. The SMILES string of the molecule is CC(C)N(C)CCNC(=O)N(CC(N)=O)CC(=O)O. The molecule has 8 heteroatoms. The van der Waals surface area contributed by atoms with Gasteiger partial charge in [-0.05, 0) is 20.9 Å². The molecular formula is C11H22N4O4. The van der Waals surface area contributed by atoms with Crippen LogP contribution in [0, 0.1) is 0 Å². The summed E-state index contributed by atoms with van der Waals surface area (Å²) in [5, 5.41) is 11.2. The standard InChI is InChI=1S/C11H22N4O4/c1-8(2)14(3)5-4-13-11(19)15(6-9(12)16)7-10(17)18/h8H,4-7H2,1-3H3,(H2,12,16)(H,13,19)(H,17,18). The first-order valence-electron chi connectivity index (χ1n) is 5.97. The molecule has 0 unspecified atom stereocenters. The van der Waals surface area contributed by atoms with Crippen molar-refractivity contribution in [1.82, 2.24) is 15.1 Å². The fourth-order valence-electron chi connectivity index (χ4n) is 1.26. The minimum absolute atomic E-state index is 0.345. The molecule has 0 spiro atoms. The van der Waals surface area contributed by atoms with Crippen molar-refractivity contribution in [1.29, 1.82) is 0 Å². The van der Waals surface area contributed by atoms with Gasteiger partial charge < -0.3 is 26.0 Å². The third kappa shape index (κ3) is 7.98. The Bertz CT molecular complexity index is 317. The molecule has 110 valence electrons. The smallest absolute Gasteiger partial charge is 0.323 e. The average Bonchev–Trinajstić information content (AvgIpc) is 2.26. The summed E-state index contributed by atoms with van der Waals surface area (Å²) >= 11 is 0. The zero-order chi connectivity index (χ0) is 15.0. The minimum atomic E-state index is -1.20. The van der Waals surface area contributed by atoms with Crippen molar-refractivity contribution < 1.29 is 19.5 Å². The Balaban J connectivity index is 4.24. The van der Waals surface area contributed by atoms with Crippen molar-refractivity contribution in [3.05, 3.63) is 0 Å². The maximum absolute atomic E-state index is 11.7. The van der Waals surface area contributed by atoms with Gasteiger partial charge in [-0.15, -0.1) is 0 Å². The third-order valence-corrected chi connectivity index (χ3v) is 2.58. The number of nitrogens with zero attached hydrogens (tertiary/aromatic N) is 2. The van der Waals surface area contributed by atoms with Gasteiger partial charge in [-0.1, -0.05) is 0 Å². The van der Waals surface area contributed by atoms with Gasteiger partial charge in [0.2, 0.25) is 5.91 Å². The van der Waals surface area contributed by atoms with Crippen LogP contribution in [0.1, 0.15) is 13.8 Å². The van der Waals surface area contributed by atoms with Crippen molar-refractivity contribution in [3.8, 4) is 0 Å². The second-order valence-electron chi connectivity index (χ2n) is 4.52. The average molecular weight is 274 g/mol. The van der Waals surface area contributed by atoms with Crippen LogP contribution in [-0.2, 0) is 9.59 Å². The number of amides is 3. The molecule has 3 amide bonds. The number of carbonyl (C=O) groups is 3.